The van der Waals surface area contributed by atoms with Crippen LogP contribution in [0.1, 0.15) is 32.6 Å². The summed E-state index contributed by atoms with van der Waals surface area (Å²) >= 11 is 0. The van der Waals surface area contributed by atoms with E-state index in [1.807, 2.05) is 37.3 Å². The summed E-state index contributed by atoms with van der Waals surface area (Å²) in [6.45, 7) is 7.53. The molecule has 1 heterocycles. The van der Waals surface area contributed by atoms with Crippen molar-refractivity contribution in [3.8, 4) is 11.8 Å². The predicted molar refractivity (Wildman–Crippen MR) is 80.1 cm³/mol. The van der Waals surface area contributed by atoms with Gasteiger partial charge < -0.3 is 9.47 Å². The van der Waals surface area contributed by atoms with Crippen molar-refractivity contribution in [2.75, 3.05) is 13.2 Å². The van der Waals surface area contributed by atoms with Gasteiger partial charge in [-0.2, -0.15) is 0 Å². The Morgan fingerprint density at radius 1 is 1.30 bits per heavy atom. The zero-order chi connectivity index (χ0) is 14.4. The summed E-state index contributed by atoms with van der Waals surface area (Å²) < 4.78 is 12.0. The summed E-state index contributed by atoms with van der Waals surface area (Å²) in [5.74, 6) is 6.35. The third-order valence-corrected chi connectivity index (χ3v) is 3.46. The molecule has 0 saturated carbocycles. The highest BCUT2D eigenvalue weighted by Crippen LogP contribution is 2.29. The number of hydrogen-bond acceptors (Lipinski definition) is 3. The molecule has 0 spiro atoms. The molecule has 0 aromatic heterocycles. The SMILES string of the molecule is CC#CCN[C@@H]1CO[C@@H](c2ccccc2)O[C@H]1C(C)C. The number of benzene rings is 1. The fraction of sp³-hybridized carbons (Fsp3) is 0.529. The molecular weight excluding hydrogens is 250 g/mol. The molecule has 1 N–H and O–H groups in total. The zero-order valence-corrected chi connectivity index (χ0v) is 12.4. The lowest BCUT2D eigenvalue weighted by atomic mass is 9.98. The molecule has 0 bridgehead atoms. The summed E-state index contributed by atoms with van der Waals surface area (Å²) in [7, 11) is 0. The van der Waals surface area contributed by atoms with Crippen molar-refractivity contribution in [2.45, 2.75) is 39.2 Å². The Morgan fingerprint density at radius 2 is 2.05 bits per heavy atom. The van der Waals surface area contributed by atoms with E-state index in [4.69, 9.17) is 9.47 Å². The molecule has 20 heavy (non-hydrogen) atoms. The summed E-state index contributed by atoms with van der Waals surface area (Å²) in [4.78, 5) is 0. The van der Waals surface area contributed by atoms with E-state index >= 15 is 0 Å². The maximum Gasteiger partial charge on any atom is 0.184 e. The van der Waals surface area contributed by atoms with Crippen LogP contribution in [0.25, 0.3) is 0 Å². The Labute approximate surface area is 121 Å². The van der Waals surface area contributed by atoms with Gasteiger partial charge in [0.25, 0.3) is 0 Å². The molecule has 108 valence electrons. The van der Waals surface area contributed by atoms with Crippen LogP contribution < -0.4 is 5.32 Å². The first-order chi connectivity index (χ1) is 9.72. The Morgan fingerprint density at radius 3 is 2.70 bits per heavy atom. The number of hydrogen-bond donors (Lipinski definition) is 1. The molecule has 1 aromatic carbocycles. The van der Waals surface area contributed by atoms with Crippen LogP contribution in [0.2, 0.25) is 0 Å². The minimum atomic E-state index is -0.265. The van der Waals surface area contributed by atoms with Crippen LogP contribution in [-0.2, 0) is 9.47 Å². The average Bonchev–Trinajstić information content (AvgIpc) is 2.48. The Bertz CT molecular complexity index is 461. The van der Waals surface area contributed by atoms with Gasteiger partial charge in [0.15, 0.2) is 6.29 Å². The summed E-state index contributed by atoms with van der Waals surface area (Å²) in [6, 6.07) is 10.3. The van der Waals surface area contributed by atoms with Crippen LogP contribution in [0, 0.1) is 17.8 Å². The molecule has 1 aliphatic rings. The van der Waals surface area contributed by atoms with Crippen molar-refractivity contribution in [1.29, 1.82) is 0 Å². The molecule has 0 aliphatic carbocycles. The van der Waals surface area contributed by atoms with E-state index in [0.717, 1.165) is 5.56 Å². The van der Waals surface area contributed by atoms with E-state index in [1.54, 1.807) is 0 Å². The minimum Gasteiger partial charge on any atom is -0.347 e. The monoisotopic (exact) mass is 273 g/mol. The van der Waals surface area contributed by atoms with Crippen molar-refractivity contribution in [3.63, 3.8) is 0 Å². The lowest BCUT2D eigenvalue weighted by molar-refractivity contribution is -0.238. The van der Waals surface area contributed by atoms with Gasteiger partial charge in [-0.15, -0.1) is 5.92 Å². The highest BCUT2D eigenvalue weighted by Gasteiger charge is 2.34. The molecule has 1 fully saturated rings. The van der Waals surface area contributed by atoms with E-state index in [-0.39, 0.29) is 18.4 Å². The van der Waals surface area contributed by atoms with Gasteiger partial charge in [-0.3, -0.25) is 5.32 Å². The normalized spacial score (nSPS) is 26.1. The van der Waals surface area contributed by atoms with Crippen LogP contribution in [-0.4, -0.2) is 25.3 Å². The largest absolute Gasteiger partial charge is 0.347 e. The van der Waals surface area contributed by atoms with Gasteiger partial charge in [-0.25, -0.2) is 0 Å². The molecular formula is C17H23NO2. The zero-order valence-electron chi connectivity index (χ0n) is 12.4. The molecule has 0 radical (unpaired) electrons. The number of nitrogens with one attached hydrogen (secondary N) is 1. The molecule has 1 saturated heterocycles. The molecule has 0 amide bonds. The Kier molecular flexibility index (Phi) is 5.60. The highest BCUT2D eigenvalue weighted by molar-refractivity contribution is 5.16. The quantitative estimate of drug-likeness (QED) is 0.856. The fourth-order valence-corrected chi connectivity index (χ4v) is 2.42. The second kappa shape index (κ2) is 7.44. The number of rotatable bonds is 4. The molecule has 3 heteroatoms. The molecule has 1 aliphatic heterocycles. The van der Waals surface area contributed by atoms with Gasteiger partial charge in [0.1, 0.15) is 0 Å². The molecule has 1 aromatic rings. The number of ether oxygens (including phenoxy) is 2. The standard InChI is InChI=1S/C17H23NO2/c1-4-5-11-18-15-12-19-17(20-16(15)13(2)3)14-9-7-6-8-10-14/h6-10,13,15-18H,11-12H2,1-3H3/t15-,16+,17-/m1/s1. The maximum atomic E-state index is 6.14. The van der Waals surface area contributed by atoms with E-state index in [2.05, 4.69) is 31.0 Å². The topological polar surface area (TPSA) is 30.5 Å². The van der Waals surface area contributed by atoms with Gasteiger partial charge >= 0.3 is 0 Å². The first kappa shape index (κ1) is 15.1. The fourth-order valence-electron chi connectivity index (χ4n) is 2.42. The maximum absolute atomic E-state index is 6.14. The van der Waals surface area contributed by atoms with E-state index in [9.17, 15) is 0 Å². The lowest BCUT2D eigenvalue weighted by Gasteiger charge is -2.39. The summed E-state index contributed by atoms with van der Waals surface area (Å²) in [5.41, 5.74) is 1.07. The van der Waals surface area contributed by atoms with Crippen molar-refractivity contribution in [3.05, 3.63) is 35.9 Å². The summed E-state index contributed by atoms with van der Waals surface area (Å²) in [6.07, 6.45) is -0.133. The summed E-state index contributed by atoms with van der Waals surface area (Å²) in [5, 5.41) is 3.40. The second-order valence-electron chi connectivity index (χ2n) is 5.33. The van der Waals surface area contributed by atoms with Crippen molar-refractivity contribution < 1.29 is 9.47 Å². The first-order valence-electron chi connectivity index (χ1n) is 7.17. The van der Waals surface area contributed by atoms with Crippen molar-refractivity contribution >= 4 is 0 Å². The third kappa shape index (κ3) is 3.83. The van der Waals surface area contributed by atoms with Crippen molar-refractivity contribution in [1.82, 2.24) is 5.32 Å². The van der Waals surface area contributed by atoms with Crippen LogP contribution >= 0.6 is 0 Å². The third-order valence-electron chi connectivity index (χ3n) is 3.46. The van der Waals surface area contributed by atoms with Gasteiger partial charge in [-0.1, -0.05) is 50.1 Å². The Balaban J connectivity index is 2.01. The van der Waals surface area contributed by atoms with Crippen LogP contribution in [0.3, 0.4) is 0 Å². The lowest BCUT2D eigenvalue weighted by Crippen LogP contribution is -2.51. The van der Waals surface area contributed by atoms with Crippen LogP contribution in [0.5, 0.6) is 0 Å². The van der Waals surface area contributed by atoms with E-state index < -0.39 is 0 Å². The van der Waals surface area contributed by atoms with Crippen LogP contribution in [0.4, 0.5) is 0 Å². The average molecular weight is 273 g/mol. The molecule has 2 rings (SSSR count). The van der Waals surface area contributed by atoms with E-state index in [1.165, 1.54) is 0 Å². The second-order valence-corrected chi connectivity index (χ2v) is 5.33. The first-order valence-corrected chi connectivity index (χ1v) is 7.17. The van der Waals surface area contributed by atoms with Crippen LogP contribution in [0.15, 0.2) is 30.3 Å². The van der Waals surface area contributed by atoms with Gasteiger partial charge in [0, 0.05) is 5.56 Å². The Hall–Kier alpha value is -1.34. The molecule has 3 atom stereocenters. The highest BCUT2D eigenvalue weighted by atomic mass is 16.7. The van der Waals surface area contributed by atoms with E-state index in [0.29, 0.717) is 19.1 Å². The molecule has 3 nitrogen and oxygen atoms in total. The van der Waals surface area contributed by atoms with Gasteiger partial charge in [-0.05, 0) is 12.8 Å². The van der Waals surface area contributed by atoms with Gasteiger partial charge in [0.05, 0.1) is 25.3 Å². The predicted octanol–water partition coefficient (Wildman–Crippen LogP) is 2.74. The molecule has 0 unspecified atom stereocenters. The van der Waals surface area contributed by atoms with Crippen molar-refractivity contribution in [2.24, 2.45) is 5.92 Å². The smallest absolute Gasteiger partial charge is 0.184 e. The van der Waals surface area contributed by atoms with Gasteiger partial charge in [0.2, 0.25) is 0 Å². The minimum absolute atomic E-state index is 0.132.